The van der Waals surface area contributed by atoms with Crippen LogP contribution >= 0.6 is 22.7 Å². The fraction of sp³-hybridized carbons (Fsp3) is 0.640. The van der Waals surface area contributed by atoms with Crippen molar-refractivity contribution >= 4 is 34.5 Å². The van der Waals surface area contributed by atoms with E-state index in [-0.39, 0.29) is 12.2 Å². The largest absolute Gasteiger partial charge is 0.389 e. The topological polar surface area (TPSA) is 46.1 Å². The zero-order valence-electron chi connectivity index (χ0n) is 19.6. The lowest BCUT2D eigenvalue weighted by atomic mass is 9.78. The highest BCUT2D eigenvalue weighted by atomic mass is 32.1. The maximum atomic E-state index is 12.5. The molecule has 0 atom stereocenters. The van der Waals surface area contributed by atoms with Crippen molar-refractivity contribution in [1.29, 1.82) is 0 Å². The Kier molecular flexibility index (Phi) is 8.58. The molecule has 0 aromatic carbocycles. The molecular formula is C25H32F3N3OS2. The lowest BCUT2D eigenvalue weighted by Gasteiger charge is -2.31. The fourth-order valence-corrected chi connectivity index (χ4v) is 6.68. The number of fused-ring (bicyclic) bond motifs is 1. The van der Waals surface area contributed by atoms with E-state index < -0.39 is 12.6 Å². The van der Waals surface area contributed by atoms with Gasteiger partial charge in [0.1, 0.15) is 0 Å². The van der Waals surface area contributed by atoms with Gasteiger partial charge in [0.05, 0.1) is 15.7 Å². The molecule has 0 saturated heterocycles. The Morgan fingerprint density at radius 1 is 1.21 bits per heavy atom. The van der Waals surface area contributed by atoms with E-state index in [4.69, 9.17) is 0 Å². The number of hydrogen-bond acceptors (Lipinski definition) is 6. The molecule has 9 heteroatoms. The van der Waals surface area contributed by atoms with Gasteiger partial charge in [-0.25, -0.2) is 9.97 Å². The van der Waals surface area contributed by atoms with Gasteiger partial charge in [-0.3, -0.25) is 9.69 Å². The minimum atomic E-state index is -4.12. The molecule has 4 nitrogen and oxygen atoms in total. The van der Waals surface area contributed by atoms with Gasteiger partial charge < -0.3 is 0 Å². The lowest BCUT2D eigenvalue weighted by molar-refractivity contribution is -0.134. The first-order chi connectivity index (χ1) is 16.2. The molecule has 186 valence electrons. The maximum absolute atomic E-state index is 12.5. The third-order valence-corrected chi connectivity index (χ3v) is 8.95. The maximum Gasteiger partial charge on any atom is 0.389 e. The van der Waals surface area contributed by atoms with Crippen LogP contribution in [-0.2, 0) is 24.2 Å². The molecule has 2 aliphatic rings. The third kappa shape index (κ3) is 7.71. The van der Waals surface area contributed by atoms with Gasteiger partial charge in [-0.15, -0.1) is 22.7 Å². The quantitative estimate of drug-likeness (QED) is 0.355. The number of carbonyl (C=O) groups is 1. The van der Waals surface area contributed by atoms with Crippen LogP contribution < -0.4 is 0 Å². The van der Waals surface area contributed by atoms with Crippen LogP contribution in [0.1, 0.15) is 70.4 Å². The summed E-state index contributed by atoms with van der Waals surface area (Å²) in [5.41, 5.74) is 0.984. The van der Waals surface area contributed by atoms with Crippen molar-refractivity contribution in [3.8, 4) is 0 Å². The van der Waals surface area contributed by atoms with Crippen molar-refractivity contribution in [3.05, 3.63) is 37.7 Å². The van der Waals surface area contributed by atoms with E-state index >= 15 is 0 Å². The molecule has 2 aromatic heterocycles. The van der Waals surface area contributed by atoms with Gasteiger partial charge in [0, 0.05) is 48.3 Å². The zero-order valence-corrected chi connectivity index (χ0v) is 21.2. The van der Waals surface area contributed by atoms with Crippen LogP contribution in [0, 0.1) is 18.8 Å². The summed E-state index contributed by atoms with van der Waals surface area (Å²) >= 11 is 3.05. The van der Waals surface area contributed by atoms with E-state index in [1.165, 1.54) is 24.2 Å². The molecule has 0 bridgehead atoms. The summed E-state index contributed by atoms with van der Waals surface area (Å²) in [5, 5.41) is 1.63. The van der Waals surface area contributed by atoms with Gasteiger partial charge >= 0.3 is 6.18 Å². The number of nitrogens with zero attached hydrogens (tertiary/aromatic N) is 3. The van der Waals surface area contributed by atoms with Crippen molar-refractivity contribution < 1.29 is 18.0 Å². The highest BCUT2D eigenvalue weighted by Crippen LogP contribution is 2.34. The SMILES string of the molecule is Cc1ncc(/C=C/C(=O)CC2CCC(CCN3CCc4sc(CCC(F)(F)F)nc4C3)CC2)s1. The smallest absolute Gasteiger partial charge is 0.297 e. The predicted octanol–water partition coefficient (Wildman–Crippen LogP) is 6.63. The first-order valence-electron chi connectivity index (χ1n) is 12.1. The molecule has 0 unspecified atom stereocenters. The number of allylic oxidation sites excluding steroid dienone is 1. The lowest BCUT2D eigenvalue weighted by Crippen LogP contribution is -2.32. The van der Waals surface area contributed by atoms with Crippen LogP contribution in [0.25, 0.3) is 6.08 Å². The van der Waals surface area contributed by atoms with Crippen LogP contribution in [0.5, 0.6) is 0 Å². The van der Waals surface area contributed by atoms with E-state index in [1.54, 1.807) is 23.6 Å². The normalized spacial score (nSPS) is 21.8. The number of thiazole rings is 2. The van der Waals surface area contributed by atoms with E-state index in [0.717, 1.165) is 65.8 Å². The Morgan fingerprint density at radius 2 is 1.97 bits per heavy atom. The number of halogens is 3. The molecule has 1 aliphatic carbocycles. The molecule has 0 spiro atoms. The number of ketones is 1. The number of carbonyl (C=O) groups excluding carboxylic acids is 1. The van der Waals surface area contributed by atoms with Crippen molar-refractivity contribution in [2.75, 3.05) is 13.1 Å². The zero-order chi connectivity index (χ0) is 24.1. The average molecular weight is 512 g/mol. The van der Waals surface area contributed by atoms with Crippen molar-refractivity contribution in [2.24, 2.45) is 11.8 Å². The predicted molar refractivity (Wildman–Crippen MR) is 131 cm³/mol. The molecule has 3 heterocycles. The van der Waals surface area contributed by atoms with Crippen LogP contribution in [0.2, 0.25) is 0 Å². The summed E-state index contributed by atoms with van der Waals surface area (Å²) in [7, 11) is 0. The first-order valence-corrected chi connectivity index (χ1v) is 13.8. The minimum Gasteiger partial charge on any atom is -0.297 e. The fourth-order valence-electron chi connectivity index (χ4n) is 4.92. The van der Waals surface area contributed by atoms with Gasteiger partial charge in [-0.2, -0.15) is 13.2 Å². The molecule has 1 saturated carbocycles. The van der Waals surface area contributed by atoms with Gasteiger partial charge in [0.15, 0.2) is 5.78 Å². The summed E-state index contributed by atoms with van der Waals surface area (Å²) in [6.45, 7) is 4.69. The Labute approximate surface area is 207 Å². The highest BCUT2D eigenvalue weighted by Gasteiger charge is 2.29. The Balaban J connectivity index is 1.15. The van der Waals surface area contributed by atoms with Crippen LogP contribution in [0.4, 0.5) is 13.2 Å². The number of alkyl halides is 3. The second-order valence-corrected chi connectivity index (χ2v) is 12.0. The molecule has 4 rings (SSSR count). The second kappa shape index (κ2) is 11.4. The molecule has 34 heavy (non-hydrogen) atoms. The Hall–Kier alpha value is -1.58. The van der Waals surface area contributed by atoms with Crippen LogP contribution in [0.15, 0.2) is 12.3 Å². The molecule has 0 radical (unpaired) electrons. The first kappa shape index (κ1) is 25.5. The van der Waals surface area contributed by atoms with Gasteiger partial charge in [-0.1, -0.05) is 12.8 Å². The van der Waals surface area contributed by atoms with E-state index in [9.17, 15) is 18.0 Å². The Morgan fingerprint density at radius 3 is 2.68 bits per heavy atom. The highest BCUT2D eigenvalue weighted by molar-refractivity contribution is 7.12. The number of aromatic nitrogens is 2. The summed E-state index contributed by atoms with van der Waals surface area (Å²) in [6.07, 6.45) is 7.71. The third-order valence-electron chi connectivity index (χ3n) is 6.86. The molecule has 1 fully saturated rings. The molecule has 0 N–H and O–H groups in total. The van der Waals surface area contributed by atoms with Gasteiger partial charge in [0.2, 0.25) is 0 Å². The molecule has 2 aromatic rings. The van der Waals surface area contributed by atoms with Gasteiger partial charge in [0.25, 0.3) is 0 Å². The van der Waals surface area contributed by atoms with Crippen LogP contribution in [-0.4, -0.2) is 39.9 Å². The number of aryl methyl sites for hydroxylation is 2. The summed E-state index contributed by atoms with van der Waals surface area (Å²) in [4.78, 5) is 25.6. The van der Waals surface area contributed by atoms with E-state index in [1.807, 2.05) is 13.0 Å². The summed E-state index contributed by atoms with van der Waals surface area (Å²) in [5.74, 6) is 1.39. The van der Waals surface area contributed by atoms with E-state index in [2.05, 4.69) is 14.9 Å². The average Bonchev–Trinajstić information content (AvgIpc) is 3.40. The minimum absolute atomic E-state index is 0.00634. The Bertz CT molecular complexity index is 990. The second-order valence-electron chi connectivity index (χ2n) is 9.58. The number of hydrogen-bond donors (Lipinski definition) is 0. The van der Waals surface area contributed by atoms with Crippen molar-refractivity contribution in [1.82, 2.24) is 14.9 Å². The summed E-state index contributed by atoms with van der Waals surface area (Å²) < 4.78 is 37.5. The van der Waals surface area contributed by atoms with Crippen molar-refractivity contribution in [2.45, 2.75) is 77.4 Å². The standard InChI is InChI=1S/C25H32F3N3OS2/c1-17-29-15-21(33-17)7-6-20(32)14-19-4-2-18(3-5-19)9-12-31-13-10-23-22(16-31)30-24(34-23)8-11-25(26,27)28/h6-7,15,18-19H,2-5,8-14,16H2,1H3/b7-6+. The molecule has 1 aliphatic heterocycles. The van der Waals surface area contributed by atoms with Gasteiger partial charge in [-0.05, 0) is 63.1 Å². The van der Waals surface area contributed by atoms with Crippen LogP contribution in [0.3, 0.4) is 0 Å². The number of rotatable bonds is 9. The monoisotopic (exact) mass is 511 g/mol. The van der Waals surface area contributed by atoms with Crippen molar-refractivity contribution in [3.63, 3.8) is 0 Å². The molecule has 0 amide bonds. The van der Waals surface area contributed by atoms with E-state index in [0.29, 0.717) is 23.3 Å². The summed E-state index contributed by atoms with van der Waals surface area (Å²) in [6, 6.07) is 0. The molecular weight excluding hydrogens is 479 g/mol.